The maximum atomic E-state index is 3.79. The van der Waals surface area contributed by atoms with Gasteiger partial charge in [0.05, 0.1) is 0 Å². The molecule has 0 fully saturated rings. The Kier molecular flexibility index (Phi) is 4.31. The minimum absolute atomic E-state index is 0.655. The molecule has 0 saturated carbocycles. The Morgan fingerprint density at radius 2 is 2.23 bits per heavy atom. The van der Waals surface area contributed by atoms with Gasteiger partial charge in [-0.15, -0.1) is 6.58 Å². The van der Waals surface area contributed by atoms with Gasteiger partial charge in [-0.05, 0) is 31.1 Å². The van der Waals surface area contributed by atoms with Crippen molar-refractivity contribution in [1.29, 1.82) is 0 Å². The highest BCUT2D eigenvalue weighted by Gasteiger charge is 2.17. The van der Waals surface area contributed by atoms with Crippen LogP contribution in [0.3, 0.4) is 0 Å². The predicted octanol–water partition coefficient (Wildman–Crippen LogP) is 3.89. The molecule has 2 unspecified atom stereocenters. The second-order valence-corrected chi connectivity index (χ2v) is 3.48. The predicted molar refractivity (Wildman–Crippen MR) is 59.5 cm³/mol. The SMILES string of the molecule is C=C/C=C/C1CCC=CC1CC=C. The summed E-state index contributed by atoms with van der Waals surface area (Å²) < 4.78 is 0. The topological polar surface area (TPSA) is 0 Å². The third kappa shape index (κ3) is 3.06. The summed E-state index contributed by atoms with van der Waals surface area (Å²) in [6.07, 6.45) is 16.3. The molecule has 1 rings (SSSR count). The van der Waals surface area contributed by atoms with Crippen molar-refractivity contribution in [3.63, 3.8) is 0 Å². The molecule has 1 aliphatic carbocycles. The lowest BCUT2D eigenvalue weighted by Gasteiger charge is -2.23. The van der Waals surface area contributed by atoms with Crippen molar-refractivity contribution in [3.05, 3.63) is 49.6 Å². The molecule has 0 aliphatic heterocycles. The number of hydrogen-bond donors (Lipinski definition) is 0. The molecule has 0 amide bonds. The lowest BCUT2D eigenvalue weighted by atomic mass is 9.82. The van der Waals surface area contributed by atoms with E-state index in [1.54, 1.807) is 0 Å². The normalized spacial score (nSPS) is 27.7. The van der Waals surface area contributed by atoms with Gasteiger partial charge in [0.1, 0.15) is 0 Å². The van der Waals surface area contributed by atoms with E-state index in [0.717, 1.165) is 6.42 Å². The molecule has 2 atom stereocenters. The summed E-state index contributed by atoms with van der Waals surface area (Å²) in [7, 11) is 0. The van der Waals surface area contributed by atoms with Crippen molar-refractivity contribution >= 4 is 0 Å². The maximum absolute atomic E-state index is 3.79. The fourth-order valence-corrected chi connectivity index (χ4v) is 1.82. The van der Waals surface area contributed by atoms with Crippen LogP contribution in [0, 0.1) is 11.8 Å². The van der Waals surface area contributed by atoms with Crippen LogP contribution in [-0.2, 0) is 0 Å². The van der Waals surface area contributed by atoms with Crippen molar-refractivity contribution in [2.75, 3.05) is 0 Å². The van der Waals surface area contributed by atoms with E-state index < -0.39 is 0 Å². The Morgan fingerprint density at radius 3 is 2.92 bits per heavy atom. The van der Waals surface area contributed by atoms with Crippen LogP contribution in [0.4, 0.5) is 0 Å². The molecule has 0 spiro atoms. The zero-order chi connectivity index (χ0) is 9.52. The summed E-state index contributed by atoms with van der Waals surface area (Å²) in [5, 5.41) is 0. The van der Waals surface area contributed by atoms with Crippen molar-refractivity contribution < 1.29 is 0 Å². The molecule has 0 bridgehead atoms. The molecule has 0 aromatic carbocycles. The van der Waals surface area contributed by atoms with Crippen molar-refractivity contribution in [3.8, 4) is 0 Å². The fourth-order valence-electron chi connectivity index (χ4n) is 1.82. The van der Waals surface area contributed by atoms with Crippen LogP contribution >= 0.6 is 0 Å². The summed E-state index contributed by atoms with van der Waals surface area (Å²) >= 11 is 0. The van der Waals surface area contributed by atoms with Gasteiger partial charge in [-0.1, -0.05) is 43.0 Å². The molecule has 0 radical (unpaired) electrons. The number of rotatable bonds is 4. The molecule has 0 aromatic rings. The molecular weight excluding hydrogens is 156 g/mol. The molecule has 1 aliphatic rings. The van der Waals surface area contributed by atoms with E-state index in [9.17, 15) is 0 Å². The molecule has 13 heavy (non-hydrogen) atoms. The van der Waals surface area contributed by atoms with Gasteiger partial charge in [0.15, 0.2) is 0 Å². The second kappa shape index (κ2) is 5.58. The van der Waals surface area contributed by atoms with E-state index in [1.165, 1.54) is 12.8 Å². The lowest BCUT2D eigenvalue weighted by molar-refractivity contribution is 0.433. The Morgan fingerprint density at radius 1 is 1.38 bits per heavy atom. The Bertz CT molecular complexity index is 220. The van der Waals surface area contributed by atoms with E-state index in [4.69, 9.17) is 0 Å². The van der Waals surface area contributed by atoms with E-state index in [0.29, 0.717) is 11.8 Å². The molecule has 70 valence electrons. The van der Waals surface area contributed by atoms with Crippen LogP contribution in [0.1, 0.15) is 19.3 Å². The first-order chi connectivity index (χ1) is 6.38. The largest absolute Gasteiger partial charge is 0.103 e. The first kappa shape index (κ1) is 10.0. The molecule has 0 nitrogen and oxygen atoms in total. The maximum Gasteiger partial charge on any atom is -0.0136 e. The molecule has 0 aromatic heterocycles. The van der Waals surface area contributed by atoms with Crippen LogP contribution < -0.4 is 0 Å². The molecular formula is C13H18. The highest BCUT2D eigenvalue weighted by atomic mass is 14.2. The summed E-state index contributed by atoms with van der Waals surface area (Å²) in [5.41, 5.74) is 0. The molecule has 0 heteroatoms. The van der Waals surface area contributed by atoms with E-state index in [2.05, 4.69) is 37.5 Å². The highest BCUT2D eigenvalue weighted by Crippen LogP contribution is 2.28. The van der Waals surface area contributed by atoms with E-state index >= 15 is 0 Å². The Hall–Kier alpha value is -1.04. The summed E-state index contributed by atoms with van der Waals surface area (Å²) in [6.45, 7) is 7.48. The summed E-state index contributed by atoms with van der Waals surface area (Å²) in [4.78, 5) is 0. The zero-order valence-corrected chi connectivity index (χ0v) is 8.15. The van der Waals surface area contributed by atoms with Gasteiger partial charge in [-0.2, -0.15) is 0 Å². The Labute approximate surface area is 81.4 Å². The van der Waals surface area contributed by atoms with Gasteiger partial charge in [0.2, 0.25) is 0 Å². The van der Waals surface area contributed by atoms with E-state index in [-0.39, 0.29) is 0 Å². The van der Waals surface area contributed by atoms with Crippen LogP contribution in [-0.4, -0.2) is 0 Å². The average Bonchev–Trinajstić information content (AvgIpc) is 2.17. The van der Waals surface area contributed by atoms with Gasteiger partial charge >= 0.3 is 0 Å². The van der Waals surface area contributed by atoms with Gasteiger partial charge in [0.25, 0.3) is 0 Å². The van der Waals surface area contributed by atoms with Crippen LogP contribution in [0.15, 0.2) is 49.6 Å². The van der Waals surface area contributed by atoms with Crippen molar-refractivity contribution in [1.82, 2.24) is 0 Å². The quantitative estimate of drug-likeness (QED) is 0.448. The second-order valence-electron chi connectivity index (χ2n) is 3.48. The van der Waals surface area contributed by atoms with Crippen LogP contribution in [0.25, 0.3) is 0 Å². The van der Waals surface area contributed by atoms with Gasteiger partial charge in [-0.3, -0.25) is 0 Å². The zero-order valence-electron chi connectivity index (χ0n) is 8.15. The van der Waals surface area contributed by atoms with Gasteiger partial charge in [0, 0.05) is 0 Å². The lowest BCUT2D eigenvalue weighted by Crippen LogP contribution is -2.12. The number of allylic oxidation sites excluding steroid dienone is 6. The number of hydrogen-bond acceptors (Lipinski definition) is 0. The minimum atomic E-state index is 0.655. The Balaban J connectivity index is 2.58. The third-order valence-corrected chi connectivity index (χ3v) is 2.53. The molecule has 0 N–H and O–H groups in total. The van der Waals surface area contributed by atoms with Crippen LogP contribution in [0.5, 0.6) is 0 Å². The summed E-state index contributed by atoms with van der Waals surface area (Å²) in [5.74, 6) is 1.34. The van der Waals surface area contributed by atoms with Gasteiger partial charge in [-0.25, -0.2) is 0 Å². The van der Waals surface area contributed by atoms with Crippen molar-refractivity contribution in [2.45, 2.75) is 19.3 Å². The van der Waals surface area contributed by atoms with Gasteiger partial charge < -0.3 is 0 Å². The first-order valence-electron chi connectivity index (χ1n) is 4.95. The average molecular weight is 174 g/mol. The van der Waals surface area contributed by atoms with E-state index in [1.807, 2.05) is 12.2 Å². The third-order valence-electron chi connectivity index (χ3n) is 2.53. The molecule has 0 heterocycles. The fraction of sp³-hybridized carbons (Fsp3) is 0.385. The van der Waals surface area contributed by atoms with Crippen molar-refractivity contribution in [2.24, 2.45) is 11.8 Å². The standard InChI is InChI=1S/C13H18/c1-3-5-9-13-11-7-6-10-12(13)8-4-2/h3-6,9-10,12-13H,1-2,7-8,11H2/b9-5+. The smallest absolute Gasteiger partial charge is 0.0136 e. The monoisotopic (exact) mass is 174 g/mol. The summed E-state index contributed by atoms with van der Waals surface area (Å²) in [6, 6.07) is 0. The van der Waals surface area contributed by atoms with Crippen LogP contribution in [0.2, 0.25) is 0 Å². The minimum Gasteiger partial charge on any atom is -0.103 e. The molecule has 0 saturated heterocycles. The highest BCUT2D eigenvalue weighted by molar-refractivity contribution is 5.08. The first-order valence-corrected chi connectivity index (χ1v) is 4.95.